The lowest BCUT2D eigenvalue weighted by atomic mass is 9.86. The van der Waals surface area contributed by atoms with Crippen molar-refractivity contribution in [1.29, 1.82) is 0 Å². The second-order valence-electron chi connectivity index (χ2n) is 5.66. The second kappa shape index (κ2) is 4.00. The van der Waals surface area contributed by atoms with Gasteiger partial charge in [0.2, 0.25) is 0 Å². The van der Waals surface area contributed by atoms with Crippen molar-refractivity contribution in [1.82, 2.24) is 0 Å². The highest BCUT2D eigenvalue weighted by Crippen LogP contribution is 2.39. The van der Waals surface area contributed by atoms with Gasteiger partial charge < -0.3 is 9.84 Å². The summed E-state index contributed by atoms with van der Waals surface area (Å²) < 4.78 is 5.77. The van der Waals surface area contributed by atoms with Crippen LogP contribution in [0.5, 0.6) is 11.5 Å². The maximum atomic E-state index is 9.86. The number of rotatable bonds is 3. The number of hydrogen-bond acceptors (Lipinski definition) is 2. The van der Waals surface area contributed by atoms with E-state index in [9.17, 15) is 5.11 Å². The van der Waals surface area contributed by atoms with Gasteiger partial charge in [-0.3, -0.25) is 0 Å². The highest BCUT2D eigenvalue weighted by Gasteiger charge is 2.25. The van der Waals surface area contributed by atoms with Crippen LogP contribution in [0.1, 0.15) is 39.2 Å². The van der Waals surface area contributed by atoms with Gasteiger partial charge in [-0.25, -0.2) is 0 Å². The van der Waals surface area contributed by atoms with Crippen molar-refractivity contribution in [3.8, 4) is 11.5 Å². The Bertz CT molecular complexity index is 373. The zero-order valence-corrected chi connectivity index (χ0v) is 10.3. The summed E-state index contributed by atoms with van der Waals surface area (Å²) in [5.41, 5.74) is 1.07. The smallest absolute Gasteiger partial charge is 0.164 e. The fraction of sp³-hybridized carbons (Fsp3) is 0.571. The van der Waals surface area contributed by atoms with Crippen LogP contribution in [0.25, 0.3) is 0 Å². The normalized spacial score (nSPS) is 16.2. The number of para-hydroxylation sites is 1. The summed E-state index contributed by atoms with van der Waals surface area (Å²) in [7, 11) is 0. The molecule has 1 saturated carbocycles. The predicted molar refractivity (Wildman–Crippen MR) is 65.0 cm³/mol. The number of phenolic OH excluding ortho intramolecular Hbond substituents is 1. The molecule has 0 atom stereocenters. The lowest BCUT2D eigenvalue weighted by Gasteiger charge is -2.23. The fourth-order valence-electron chi connectivity index (χ4n) is 1.75. The summed E-state index contributed by atoms with van der Waals surface area (Å²) in [6.45, 7) is 7.13. The number of ether oxygens (including phenoxy) is 1. The van der Waals surface area contributed by atoms with Gasteiger partial charge in [-0.2, -0.15) is 0 Å². The highest BCUT2D eigenvalue weighted by molar-refractivity contribution is 5.48. The number of aromatic hydroxyl groups is 1. The summed E-state index contributed by atoms with van der Waals surface area (Å²) in [6.07, 6.45) is 2.52. The van der Waals surface area contributed by atoms with E-state index in [0.717, 1.165) is 12.2 Å². The van der Waals surface area contributed by atoms with Gasteiger partial charge in [0.15, 0.2) is 11.5 Å². The summed E-state index contributed by atoms with van der Waals surface area (Å²) >= 11 is 0. The van der Waals surface area contributed by atoms with Gasteiger partial charge in [0.1, 0.15) is 0 Å². The maximum Gasteiger partial charge on any atom is 0.164 e. The standard InChI is InChI=1S/C14H20O2/c1-14(2,3)11-5-4-6-12(15)13(11)16-9-10-7-8-10/h4-6,10,15H,7-9H2,1-3H3. The summed E-state index contributed by atoms with van der Waals surface area (Å²) in [4.78, 5) is 0. The molecular formula is C14H20O2. The zero-order chi connectivity index (χ0) is 11.8. The Morgan fingerprint density at radius 1 is 1.31 bits per heavy atom. The Balaban J connectivity index is 2.24. The summed E-state index contributed by atoms with van der Waals surface area (Å²) in [5, 5.41) is 9.86. The first-order valence-electron chi connectivity index (χ1n) is 5.94. The van der Waals surface area contributed by atoms with Crippen molar-refractivity contribution in [3.05, 3.63) is 23.8 Å². The van der Waals surface area contributed by atoms with E-state index in [1.54, 1.807) is 6.07 Å². The molecule has 0 saturated heterocycles. The van der Waals surface area contributed by atoms with Crippen LogP contribution in [-0.4, -0.2) is 11.7 Å². The third-order valence-corrected chi connectivity index (χ3v) is 2.96. The molecule has 0 heterocycles. The molecule has 0 unspecified atom stereocenters. The first-order valence-corrected chi connectivity index (χ1v) is 5.94. The third-order valence-electron chi connectivity index (χ3n) is 2.96. The molecule has 1 aliphatic rings. The van der Waals surface area contributed by atoms with E-state index in [2.05, 4.69) is 20.8 Å². The summed E-state index contributed by atoms with van der Waals surface area (Å²) in [5.74, 6) is 1.63. The molecule has 2 heteroatoms. The van der Waals surface area contributed by atoms with E-state index in [1.165, 1.54) is 12.8 Å². The van der Waals surface area contributed by atoms with Crippen LogP contribution in [0.2, 0.25) is 0 Å². The van der Waals surface area contributed by atoms with Crippen LogP contribution in [0.15, 0.2) is 18.2 Å². The van der Waals surface area contributed by atoms with Gasteiger partial charge in [-0.05, 0) is 30.2 Å². The molecule has 0 bridgehead atoms. The molecule has 88 valence electrons. The topological polar surface area (TPSA) is 29.5 Å². The fourth-order valence-corrected chi connectivity index (χ4v) is 1.75. The number of benzene rings is 1. The lowest BCUT2D eigenvalue weighted by Crippen LogP contribution is -2.14. The van der Waals surface area contributed by atoms with Crippen LogP contribution in [0.3, 0.4) is 0 Å². The first kappa shape index (κ1) is 11.3. The van der Waals surface area contributed by atoms with Gasteiger partial charge in [-0.1, -0.05) is 32.9 Å². The molecule has 1 aromatic rings. The third kappa shape index (κ3) is 2.49. The van der Waals surface area contributed by atoms with E-state index < -0.39 is 0 Å². The molecule has 1 aliphatic carbocycles. The average Bonchev–Trinajstić information content (AvgIpc) is 2.97. The van der Waals surface area contributed by atoms with E-state index >= 15 is 0 Å². The molecule has 1 N–H and O–H groups in total. The highest BCUT2D eigenvalue weighted by atomic mass is 16.5. The Morgan fingerprint density at radius 2 is 2.00 bits per heavy atom. The van der Waals surface area contributed by atoms with Crippen molar-refractivity contribution < 1.29 is 9.84 Å². The zero-order valence-electron chi connectivity index (χ0n) is 10.3. The minimum atomic E-state index is -0.00236. The minimum Gasteiger partial charge on any atom is -0.504 e. The van der Waals surface area contributed by atoms with Crippen LogP contribution < -0.4 is 4.74 Å². The molecule has 1 aromatic carbocycles. The molecule has 0 aliphatic heterocycles. The molecule has 0 radical (unpaired) electrons. The maximum absolute atomic E-state index is 9.86. The summed E-state index contributed by atoms with van der Waals surface area (Å²) in [6, 6.07) is 5.60. The van der Waals surface area contributed by atoms with Crippen LogP contribution in [-0.2, 0) is 5.41 Å². The second-order valence-corrected chi connectivity index (χ2v) is 5.66. The monoisotopic (exact) mass is 220 g/mol. The average molecular weight is 220 g/mol. The molecule has 0 amide bonds. The minimum absolute atomic E-state index is 0.00236. The van der Waals surface area contributed by atoms with Crippen molar-refractivity contribution in [2.45, 2.75) is 39.0 Å². The Labute approximate surface area is 97.3 Å². The van der Waals surface area contributed by atoms with Gasteiger partial charge in [-0.15, -0.1) is 0 Å². The van der Waals surface area contributed by atoms with Crippen molar-refractivity contribution in [3.63, 3.8) is 0 Å². The van der Waals surface area contributed by atoms with Crippen LogP contribution in [0.4, 0.5) is 0 Å². The lowest BCUT2D eigenvalue weighted by molar-refractivity contribution is 0.276. The molecule has 16 heavy (non-hydrogen) atoms. The molecule has 2 rings (SSSR count). The Kier molecular flexibility index (Phi) is 2.83. The largest absolute Gasteiger partial charge is 0.504 e. The molecule has 1 fully saturated rings. The van der Waals surface area contributed by atoms with E-state index in [-0.39, 0.29) is 11.2 Å². The quantitative estimate of drug-likeness (QED) is 0.845. The SMILES string of the molecule is CC(C)(C)c1cccc(O)c1OCC1CC1. The van der Waals surface area contributed by atoms with Gasteiger partial charge in [0, 0.05) is 5.56 Å². The molecule has 2 nitrogen and oxygen atoms in total. The van der Waals surface area contributed by atoms with Gasteiger partial charge in [0.05, 0.1) is 6.61 Å². The van der Waals surface area contributed by atoms with Crippen LogP contribution >= 0.6 is 0 Å². The van der Waals surface area contributed by atoms with Crippen molar-refractivity contribution in [2.75, 3.05) is 6.61 Å². The van der Waals surface area contributed by atoms with E-state index in [0.29, 0.717) is 11.7 Å². The first-order chi connectivity index (χ1) is 7.48. The Hall–Kier alpha value is -1.18. The number of phenols is 1. The van der Waals surface area contributed by atoms with Gasteiger partial charge >= 0.3 is 0 Å². The van der Waals surface area contributed by atoms with E-state index in [4.69, 9.17) is 4.74 Å². The molecule has 0 aromatic heterocycles. The number of hydrogen-bond donors (Lipinski definition) is 1. The van der Waals surface area contributed by atoms with Crippen LogP contribution in [0, 0.1) is 5.92 Å². The Morgan fingerprint density at radius 3 is 2.56 bits per heavy atom. The molecule has 0 spiro atoms. The predicted octanol–water partition coefficient (Wildman–Crippen LogP) is 3.48. The van der Waals surface area contributed by atoms with E-state index in [1.807, 2.05) is 12.1 Å². The van der Waals surface area contributed by atoms with Crippen molar-refractivity contribution in [2.24, 2.45) is 5.92 Å². The van der Waals surface area contributed by atoms with Gasteiger partial charge in [0.25, 0.3) is 0 Å². The van der Waals surface area contributed by atoms with Crippen molar-refractivity contribution >= 4 is 0 Å². The molecular weight excluding hydrogens is 200 g/mol.